The molecule has 0 fully saturated rings. The van der Waals surface area contributed by atoms with Gasteiger partial charge in [-0.25, -0.2) is 4.98 Å². The van der Waals surface area contributed by atoms with Gasteiger partial charge in [0.15, 0.2) is 5.82 Å². The standard InChI is InChI=1S/C9H8ClN5O2/c1-5-13-8(15-17-5)4-12-9(16)6-2-11-3-7(10)14-6/h2-3H,4H2,1H3,(H,12,16). The largest absolute Gasteiger partial charge is 0.343 e. The molecule has 0 bridgehead atoms. The highest BCUT2D eigenvalue weighted by atomic mass is 35.5. The van der Waals surface area contributed by atoms with Crippen LogP contribution in [0.15, 0.2) is 16.9 Å². The van der Waals surface area contributed by atoms with Gasteiger partial charge in [0.2, 0.25) is 5.89 Å². The number of aromatic nitrogens is 4. The summed E-state index contributed by atoms with van der Waals surface area (Å²) in [5.41, 5.74) is 0.137. The fourth-order valence-electron chi connectivity index (χ4n) is 1.11. The Morgan fingerprint density at radius 2 is 2.29 bits per heavy atom. The summed E-state index contributed by atoms with van der Waals surface area (Å²) in [6.07, 6.45) is 2.67. The molecule has 0 unspecified atom stereocenters. The third kappa shape index (κ3) is 2.97. The quantitative estimate of drug-likeness (QED) is 0.868. The lowest BCUT2D eigenvalue weighted by Gasteiger charge is -2.00. The van der Waals surface area contributed by atoms with E-state index in [0.717, 1.165) is 0 Å². The maximum absolute atomic E-state index is 11.6. The van der Waals surface area contributed by atoms with Gasteiger partial charge >= 0.3 is 0 Å². The smallest absolute Gasteiger partial charge is 0.271 e. The number of hydrogen-bond acceptors (Lipinski definition) is 6. The molecule has 0 saturated carbocycles. The average molecular weight is 254 g/mol. The number of nitrogens with one attached hydrogen (secondary N) is 1. The number of carbonyl (C=O) groups is 1. The summed E-state index contributed by atoms with van der Waals surface area (Å²) in [7, 11) is 0. The molecule has 88 valence electrons. The van der Waals surface area contributed by atoms with E-state index in [4.69, 9.17) is 16.1 Å². The number of amides is 1. The molecule has 0 aliphatic heterocycles. The lowest BCUT2D eigenvalue weighted by molar-refractivity contribution is 0.0944. The van der Waals surface area contributed by atoms with Crippen LogP contribution in [0.25, 0.3) is 0 Å². The van der Waals surface area contributed by atoms with Crippen LogP contribution >= 0.6 is 11.6 Å². The number of rotatable bonds is 3. The fourth-order valence-corrected chi connectivity index (χ4v) is 1.26. The molecule has 0 radical (unpaired) electrons. The molecule has 0 spiro atoms. The van der Waals surface area contributed by atoms with E-state index < -0.39 is 5.91 Å². The zero-order chi connectivity index (χ0) is 12.3. The molecule has 0 saturated heterocycles. The maximum Gasteiger partial charge on any atom is 0.271 e. The molecule has 8 heteroatoms. The highest BCUT2D eigenvalue weighted by Gasteiger charge is 2.09. The van der Waals surface area contributed by atoms with Crippen molar-refractivity contribution >= 4 is 17.5 Å². The van der Waals surface area contributed by atoms with Gasteiger partial charge < -0.3 is 9.84 Å². The van der Waals surface area contributed by atoms with Gasteiger partial charge in [-0.15, -0.1) is 0 Å². The van der Waals surface area contributed by atoms with Gasteiger partial charge in [-0.3, -0.25) is 9.78 Å². The summed E-state index contributed by atoms with van der Waals surface area (Å²) in [4.78, 5) is 23.1. The predicted octanol–water partition coefficient (Wildman–Crippen LogP) is 0.751. The van der Waals surface area contributed by atoms with Gasteiger partial charge in [0.05, 0.1) is 18.9 Å². The Balaban J connectivity index is 1.98. The van der Waals surface area contributed by atoms with Crippen LogP contribution in [-0.4, -0.2) is 26.0 Å². The molecule has 0 atom stereocenters. The van der Waals surface area contributed by atoms with E-state index in [0.29, 0.717) is 11.7 Å². The predicted molar refractivity (Wildman–Crippen MR) is 57.2 cm³/mol. The summed E-state index contributed by atoms with van der Waals surface area (Å²) in [5.74, 6) is 0.435. The van der Waals surface area contributed by atoms with Crippen LogP contribution < -0.4 is 5.32 Å². The number of aryl methyl sites for hydroxylation is 1. The SMILES string of the molecule is Cc1nc(CNC(=O)c2cncc(Cl)n2)no1. The zero-order valence-electron chi connectivity index (χ0n) is 8.85. The summed E-state index contributed by atoms with van der Waals surface area (Å²) in [6, 6.07) is 0. The van der Waals surface area contributed by atoms with Crippen LogP contribution in [0.5, 0.6) is 0 Å². The van der Waals surface area contributed by atoms with E-state index in [2.05, 4.69) is 25.4 Å². The molecular formula is C9H8ClN5O2. The number of carbonyl (C=O) groups excluding carboxylic acids is 1. The Hall–Kier alpha value is -2.02. The normalized spacial score (nSPS) is 10.2. The second-order valence-corrected chi connectivity index (χ2v) is 3.53. The molecule has 2 aromatic heterocycles. The number of halogens is 1. The van der Waals surface area contributed by atoms with E-state index in [1.54, 1.807) is 6.92 Å². The summed E-state index contributed by atoms with van der Waals surface area (Å²) >= 11 is 5.62. The van der Waals surface area contributed by atoms with Crippen molar-refractivity contribution in [3.05, 3.63) is 35.0 Å². The van der Waals surface area contributed by atoms with E-state index in [9.17, 15) is 4.79 Å². The molecule has 2 aromatic rings. The fraction of sp³-hybridized carbons (Fsp3) is 0.222. The van der Waals surface area contributed by atoms with E-state index in [1.807, 2.05) is 0 Å². The van der Waals surface area contributed by atoms with Crippen molar-refractivity contribution in [3.8, 4) is 0 Å². The van der Waals surface area contributed by atoms with Crippen molar-refractivity contribution in [2.45, 2.75) is 13.5 Å². The first-order valence-electron chi connectivity index (χ1n) is 4.70. The number of nitrogens with zero attached hydrogens (tertiary/aromatic N) is 4. The van der Waals surface area contributed by atoms with Gasteiger partial charge in [0.1, 0.15) is 10.8 Å². The highest BCUT2D eigenvalue weighted by Crippen LogP contribution is 2.02. The van der Waals surface area contributed by atoms with Gasteiger partial charge in [-0.2, -0.15) is 4.98 Å². The molecule has 17 heavy (non-hydrogen) atoms. The highest BCUT2D eigenvalue weighted by molar-refractivity contribution is 6.29. The van der Waals surface area contributed by atoms with E-state index in [1.165, 1.54) is 12.4 Å². The van der Waals surface area contributed by atoms with Gasteiger partial charge in [-0.1, -0.05) is 16.8 Å². The summed E-state index contributed by atoms with van der Waals surface area (Å²) in [6.45, 7) is 1.82. The number of hydrogen-bond donors (Lipinski definition) is 1. The van der Waals surface area contributed by atoms with Gasteiger partial charge in [0, 0.05) is 6.92 Å². The van der Waals surface area contributed by atoms with Crippen LogP contribution in [0.4, 0.5) is 0 Å². The first kappa shape index (κ1) is 11.5. The van der Waals surface area contributed by atoms with Gasteiger partial charge in [-0.05, 0) is 0 Å². The Morgan fingerprint density at radius 1 is 1.47 bits per heavy atom. The monoisotopic (exact) mass is 253 g/mol. The van der Waals surface area contributed by atoms with Crippen molar-refractivity contribution in [2.24, 2.45) is 0 Å². The molecule has 0 aromatic carbocycles. The van der Waals surface area contributed by atoms with E-state index >= 15 is 0 Å². The van der Waals surface area contributed by atoms with Crippen LogP contribution in [0, 0.1) is 6.92 Å². The molecule has 2 heterocycles. The summed E-state index contributed by atoms with van der Waals surface area (Å²) in [5, 5.41) is 6.37. The van der Waals surface area contributed by atoms with E-state index in [-0.39, 0.29) is 17.4 Å². The minimum atomic E-state index is -0.401. The molecule has 1 N–H and O–H groups in total. The third-order valence-corrected chi connectivity index (χ3v) is 2.00. The third-order valence-electron chi connectivity index (χ3n) is 1.81. The Kier molecular flexibility index (Phi) is 3.29. The lowest BCUT2D eigenvalue weighted by atomic mass is 10.4. The Labute approximate surface area is 101 Å². The molecule has 2 rings (SSSR count). The first-order valence-corrected chi connectivity index (χ1v) is 5.08. The Bertz CT molecular complexity index is 542. The van der Waals surface area contributed by atoms with Crippen LogP contribution in [0.2, 0.25) is 5.15 Å². The van der Waals surface area contributed by atoms with Crippen molar-refractivity contribution in [1.29, 1.82) is 0 Å². The average Bonchev–Trinajstić information content (AvgIpc) is 2.72. The molecule has 7 nitrogen and oxygen atoms in total. The second-order valence-electron chi connectivity index (χ2n) is 3.14. The molecule has 0 aliphatic carbocycles. The van der Waals surface area contributed by atoms with Crippen LogP contribution in [-0.2, 0) is 6.54 Å². The molecule has 0 aliphatic rings. The van der Waals surface area contributed by atoms with Crippen LogP contribution in [0.3, 0.4) is 0 Å². The zero-order valence-corrected chi connectivity index (χ0v) is 9.60. The Morgan fingerprint density at radius 3 is 2.94 bits per heavy atom. The lowest BCUT2D eigenvalue weighted by Crippen LogP contribution is -2.24. The van der Waals surface area contributed by atoms with Crippen molar-refractivity contribution in [2.75, 3.05) is 0 Å². The minimum Gasteiger partial charge on any atom is -0.343 e. The minimum absolute atomic E-state index is 0.137. The topological polar surface area (TPSA) is 93.8 Å². The summed E-state index contributed by atoms with van der Waals surface area (Å²) < 4.78 is 4.76. The molecular weight excluding hydrogens is 246 g/mol. The van der Waals surface area contributed by atoms with Crippen molar-refractivity contribution < 1.29 is 9.32 Å². The maximum atomic E-state index is 11.6. The second kappa shape index (κ2) is 4.88. The molecule has 1 amide bonds. The van der Waals surface area contributed by atoms with Crippen molar-refractivity contribution in [1.82, 2.24) is 25.4 Å². The van der Waals surface area contributed by atoms with Gasteiger partial charge in [0.25, 0.3) is 5.91 Å². The first-order chi connectivity index (χ1) is 8.15. The van der Waals surface area contributed by atoms with Crippen LogP contribution in [0.1, 0.15) is 22.2 Å². The van der Waals surface area contributed by atoms with Crippen molar-refractivity contribution in [3.63, 3.8) is 0 Å².